The van der Waals surface area contributed by atoms with Crippen LogP contribution in [0.25, 0.3) is 0 Å². The molecule has 0 radical (unpaired) electrons. The van der Waals surface area contributed by atoms with Crippen LogP contribution in [-0.4, -0.2) is 58.0 Å². The standard InChI is InChI=1S/C27H23BrN4O3/c1-30-24(33)27(25(34)31(2)26(30)35)22(20-15-9-10-16-21(20)28)32(17-18-11-5-3-6-12-18)23(29-27)19-13-7-4-8-14-19/h3-16,22H,17H2,1-2H3/t22-/m0/s1. The summed E-state index contributed by atoms with van der Waals surface area (Å²) >= 11 is 3.63. The molecule has 0 aromatic heterocycles. The predicted molar refractivity (Wildman–Crippen MR) is 136 cm³/mol. The Balaban J connectivity index is 1.80. The maximum atomic E-state index is 13.9. The Kier molecular flexibility index (Phi) is 5.76. The Bertz CT molecular complexity index is 1320. The van der Waals surface area contributed by atoms with Crippen molar-refractivity contribution in [1.82, 2.24) is 14.7 Å². The number of halogens is 1. The molecule has 5 rings (SSSR count). The van der Waals surface area contributed by atoms with Crippen LogP contribution in [0.15, 0.2) is 94.4 Å². The zero-order chi connectivity index (χ0) is 24.7. The topological polar surface area (TPSA) is 73.3 Å². The second kappa shape index (κ2) is 8.78. The fourth-order valence-electron chi connectivity index (χ4n) is 4.83. The van der Waals surface area contributed by atoms with Crippen molar-refractivity contribution in [3.63, 3.8) is 0 Å². The van der Waals surface area contributed by atoms with E-state index in [-0.39, 0.29) is 0 Å². The van der Waals surface area contributed by atoms with Gasteiger partial charge in [0.25, 0.3) is 11.8 Å². The quantitative estimate of drug-likeness (QED) is 0.473. The number of imide groups is 2. The van der Waals surface area contributed by atoms with Crippen LogP contribution in [0.4, 0.5) is 4.79 Å². The molecule has 2 aliphatic rings. The van der Waals surface area contributed by atoms with E-state index in [1.54, 1.807) is 0 Å². The van der Waals surface area contributed by atoms with E-state index in [2.05, 4.69) is 15.9 Å². The van der Waals surface area contributed by atoms with Crippen LogP contribution < -0.4 is 0 Å². The molecule has 0 bridgehead atoms. The lowest BCUT2D eigenvalue weighted by molar-refractivity contribution is -0.151. The Labute approximate surface area is 211 Å². The van der Waals surface area contributed by atoms with Gasteiger partial charge in [0.05, 0.1) is 0 Å². The molecule has 1 spiro atoms. The number of rotatable bonds is 4. The first kappa shape index (κ1) is 23.0. The highest BCUT2D eigenvalue weighted by atomic mass is 79.9. The Morgan fingerprint density at radius 2 is 1.34 bits per heavy atom. The molecule has 1 atom stereocenters. The second-order valence-electron chi connectivity index (χ2n) is 8.62. The highest BCUT2D eigenvalue weighted by Crippen LogP contribution is 2.48. The number of likely N-dealkylation sites (N-methyl/N-ethyl adjacent to an activating group) is 2. The van der Waals surface area contributed by atoms with Gasteiger partial charge in [-0.3, -0.25) is 19.4 Å². The molecule has 1 fully saturated rings. The molecule has 0 unspecified atom stereocenters. The molecule has 3 aromatic carbocycles. The van der Waals surface area contributed by atoms with Gasteiger partial charge in [-0.2, -0.15) is 0 Å². The van der Waals surface area contributed by atoms with Crippen molar-refractivity contribution in [3.05, 3.63) is 106 Å². The van der Waals surface area contributed by atoms with Crippen molar-refractivity contribution >= 4 is 39.6 Å². The fraction of sp³-hybridized carbons (Fsp3) is 0.185. The van der Waals surface area contributed by atoms with Gasteiger partial charge in [0.2, 0.25) is 5.54 Å². The van der Waals surface area contributed by atoms with E-state index < -0.39 is 29.4 Å². The molecule has 2 heterocycles. The summed E-state index contributed by atoms with van der Waals surface area (Å²) < 4.78 is 0.745. The van der Waals surface area contributed by atoms with Crippen molar-refractivity contribution in [3.8, 4) is 0 Å². The number of hydrogen-bond donors (Lipinski definition) is 0. The van der Waals surface area contributed by atoms with Crippen LogP contribution in [0.2, 0.25) is 0 Å². The first-order valence-electron chi connectivity index (χ1n) is 11.2. The molecule has 4 amide bonds. The van der Waals surface area contributed by atoms with Gasteiger partial charge in [0, 0.05) is 30.7 Å². The lowest BCUT2D eigenvalue weighted by Crippen LogP contribution is -2.68. The average Bonchev–Trinajstić information content (AvgIpc) is 3.22. The molecule has 0 aliphatic carbocycles. The van der Waals surface area contributed by atoms with Crippen LogP contribution in [0.5, 0.6) is 0 Å². The van der Waals surface area contributed by atoms with Crippen LogP contribution in [0.3, 0.4) is 0 Å². The number of carbonyl (C=O) groups is 3. The molecule has 8 heteroatoms. The minimum absolute atomic E-state index is 0.407. The number of amides is 4. The minimum atomic E-state index is -1.86. The summed E-state index contributed by atoms with van der Waals surface area (Å²) in [5.74, 6) is -0.765. The molecular weight excluding hydrogens is 508 g/mol. The SMILES string of the molecule is CN1C(=O)N(C)C(=O)C2(N=C(c3ccccc3)N(Cc3ccccc3)[C@H]2c2ccccc2Br)C1=O. The molecule has 7 nitrogen and oxygen atoms in total. The maximum Gasteiger partial charge on any atom is 0.333 e. The van der Waals surface area contributed by atoms with Crippen molar-refractivity contribution in [2.75, 3.05) is 14.1 Å². The summed E-state index contributed by atoms with van der Waals surface area (Å²) in [7, 11) is 2.79. The Morgan fingerprint density at radius 1 is 0.800 bits per heavy atom. The second-order valence-corrected chi connectivity index (χ2v) is 9.47. The summed E-state index contributed by atoms with van der Waals surface area (Å²) in [5.41, 5.74) is 0.649. The molecule has 35 heavy (non-hydrogen) atoms. The zero-order valence-electron chi connectivity index (χ0n) is 19.3. The first-order chi connectivity index (χ1) is 16.9. The van der Waals surface area contributed by atoms with E-state index >= 15 is 0 Å². The number of benzene rings is 3. The third-order valence-corrected chi connectivity index (χ3v) is 7.25. The molecule has 0 N–H and O–H groups in total. The number of barbiturate groups is 1. The van der Waals surface area contributed by atoms with Crippen LogP contribution in [-0.2, 0) is 16.1 Å². The van der Waals surface area contributed by atoms with Gasteiger partial charge >= 0.3 is 6.03 Å². The van der Waals surface area contributed by atoms with Crippen molar-refractivity contribution in [1.29, 1.82) is 0 Å². The van der Waals surface area contributed by atoms with Crippen molar-refractivity contribution < 1.29 is 14.4 Å². The van der Waals surface area contributed by atoms with E-state index in [1.165, 1.54) is 14.1 Å². The normalized spacial score (nSPS) is 19.5. The number of nitrogens with zero attached hydrogens (tertiary/aromatic N) is 4. The van der Waals surface area contributed by atoms with Crippen molar-refractivity contribution in [2.24, 2.45) is 4.99 Å². The summed E-state index contributed by atoms with van der Waals surface area (Å²) in [4.78, 5) is 49.3. The van der Waals surface area contributed by atoms with Gasteiger partial charge in [-0.1, -0.05) is 94.8 Å². The number of urea groups is 1. The van der Waals surface area contributed by atoms with Crippen molar-refractivity contribution in [2.45, 2.75) is 18.1 Å². The largest absolute Gasteiger partial charge is 0.341 e. The van der Waals surface area contributed by atoms with Gasteiger partial charge in [0.1, 0.15) is 11.9 Å². The monoisotopic (exact) mass is 530 g/mol. The number of aliphatic imine (C=N–C) groups is 1. The van der Waals surface area contributed by atoms with Gasteiger partial charge in [-0.25, -0.2) is 9.79 Å². The van der Waals surface area contributed by atoms with Gasteiger partial charge < -0.3 is 4.90 Å². The molecule has 176 valence electrons. The van der Waals surface area contributed by atoms with E-state index in [0.717, 1.165) is 31.0 Å². The number of carbonyl (C=O) groups excluding carboxylic acids is 3. The Morgan fingerprint density at radius 3 is 1.94 bits per heavy atom. The van der Waals surface area contributed by atoms with E-state index in [4.69, 9.17) is 4.99 Å². The first-order valence-corrected chi connectivity index (χ1v) is 12.0. The summed E-state index contributed by atoms with van der Waals surface area (Å²) in [5, 5.41) is 0. The van der Waals surface area contributed by atoms with Crippen LogP contribution in [0, 0.1) is 0 Å². The molecular formula is C27H23BrN4O3. The number of hydrogen-bond acceptors (Lipinski definition) is 5. The van der Waals surface area contributed by atoms with Crippen LogP contribution in [0.1, 0.15) is 22.7 Å². The molecule has 2 aliphatic heterocycles. The number of amidine groups is 1. The fourth-order valence-corrected chi connectivity index (χ4v) is 5.33. The van der Waals surface area contributed by atoms with E-state index in [9.17, 15) is 14.4 Å². The van der Waals surface area contributed by atoms with Gasteiger partial charge in [0.15, 0.2) is 0 Å². The highest BCUT2D eigenvalue weighted by molar-refractivity contribution is 9.10. The predicted octanol–water partition coefficient (Wildman–Crippen LogP) is 4.24. The van der Waals surface area contributed by atoms with E-state index in [1.807, 2.05) is 89.8 Å². The molecule has 1 saturated heterocycles. The average molecular weight is 531 g/mol. The van der Waals surface area contributed by atoms with Gasteiger partial charge in [-0.15, -0.1) is 0 Å². The smallest absolute Gasteiger partial charge is 0.333 e. The summed E-state index contributed by atoms with van der Waals surface area (Å²) in [6.07, 6.45) is 0. The third-order valence-electron chi connectivity index (χ3n) is 6.52. The third kappa shape index (κ3) is 3.56. The summed E-state index contributed by atoms with van der Waals surface area (Å²) in [6.45, 7) is 0.407. The van der Waals surface area contributed by atoms with E-state index in [0.29, 0.717) is 12.4 Å². The molecule has 3 aromatic rings. The van der Waals surface area contributed by atoms with Crippen LogP contribution >= 0.6 is 15.9 Å². The van der Waals surface area contributed by atoms with Gasteiger partial charge in [-0.05, 0) is 17.2 Å². The maximum absolute atomic E-state index is 13.9. The highest BCUT2D eigenvalue weighted by Gasteiger charge is 2.66. The lowest BCUT2D eigenvalue weighted by atomic mass is 9.81. The zero-order valence-corrected chi connectivity index (χ0v) is 20.8. The Hall–Kier alpha value is -3.78. The molecule has 0 saturated carbocycles. The summed E-state index contributed by atoms with van der Waals surface area (Å²) in [6, 6.07) is 25.4. The minimum Gasteiger partial charge on any atom is -0.341 e. The lowest BCUT2D eigenvalue weighted by Gasteiger charge is -2.43.